The molecule has 1 heterocycles. The van der Waals surface area contributed by atoms with Gasteiger partial charge < -0.3 is 5.32 Å². The number of hydrogen-bond donors (Lipinski definition) is 2. The summed E-state index contributed by atoms with van der Waals surface area (Å²) in [4.78, 5) is 4.13. The summed E-state index contributed by atoms with van der Waals surface area (Å²) in [5, 5.41) is 10.9. The van der Waals surface area contributed by atoms with Gasteiger partial charge in [0.05, 0.1) is 0 Å². The lowest BCUT2D eigenvalue weighted by atomic mass is 9.86. The van der Waals surface area contributed by atoms with Gasteiger partial charge in [0.15, 0.2) is 5.16 Å². The van der Waals surface area contributed by atoms with Gasteiger partial charge in [0.1, 0.15) is 6.33 Å². The molecule has 1 unspecified atom stereocenters. The maximum Gasteiger partial charge on any atom is 0.183 e. The Hall–Kier alpha value is -1.33. The molecule has 1 atom stereocenters. The van der Waals surface area contributed by atoms with Crippen LogP contribution in [-0.4, -0.2) is 28.0 Å². The van der Waals surface area contributed by atoms with E-state index in [2.05, 4.69) is 65.5 Å². The summed E-state index contributed by atoms with van der Waals surface area (Å²) in [6.45, 7) is 6.70. The molecular weight excluding hydrogens is 268 g/mol. The van der Waals surface area contributed by atoms with Gasteiger partial charge in [-0.1, -0.05) is 56.8 Å². The van der Waals surface area contributed by atoms with Crippen molar-refractivity contribution in [2.45, 2.75) is 37.4 Å². The van der Waals surface area contributed by atoms with E-state index in [9.17, 15) is 0 Å². The lowest BCUT2D eigenvalue weighted by Crippen LogP contribution is -2.19. The summed E-state index contributed by atoms with van der Waals surface area (Å²) in [5.41, 5.74) is 2.86. The molecule has 0 saturated carbocycles. The van der Waals surface area contributed by atoms with Crippen LogP contribution in [0.25, 0.3) is 0 Å². The van der Waals surface area contributed by atoms with Crippen molar-refractivity contribution in [3.8, 4) is 0 Å². The predicted molar refractivity (Wildman–Crippen MR) is 84.0 cm³/mol. The van der Waals surface area contributed by atoms with E-state index in [4.69, 9.17) is 0 Å². The van der Waals surface area contributed by atoms with E-state index >= 15 is 0 Å². The van der Waals surface area contributed by atoms with Gasteiger partial charge in [-0.2, -0.15) is 5.10 Å². The highest BCUT2D eigenvalue weighted by Crippen LogP contribution is 2.26. The molecule has 0 aliphatic carbocycles. The Balaban J connectivity index is 2.04. The van der Waals surface area contributed by atoms with E-state index in [0.717, 1.165) is 10.9 Å². The number of H-pyrrole nitrogens is 1. The number of nitrogens with zero attached hydrogens (tertiary/aromatic N) is 2. The molecule has 0 fully saturated rings. The highest BCUT2D eigenvalue weighted by molar-refractivity contribution is 7.99. The smallest absolute Gasteiger partial charge is 0.183 e. The third kappa shape index (κ3) is 3.84. The van der Waals surface area contributed by atoms with Crippen LogP contribution in [0.15, 0.2) is 35.7 Å². The number of hydrogen-bond acceptors (Lipinski definition) is 4. The Morgan fingerprint density at radius 2 is 1.95 bits per heavy atom. The van der Waals surface area contributed by atoms with Gasteiger partial charge in [0, 0.05) is 11.8 Å². The van der Waals surface area contributed by atoms with E-state index in [0.29, 0.717) is 6.04 Å². The fourth-order valence-corrected chi connectivity index (χ4v) is 2.91. The van der Waals surface area contributed by atoms with Gasteiger partial charge in [-0.25, -0.2) is 4.98 Å². The zero-order valence-electron chi connectivity index (χ0n) is 12.5. The average Bonchev–Trinajstić information content (AvgIpc) is 2.92. The van der Waals surface area contributed by atoms with E-state index in [1.807, 2.05) is 7.05 Å². The summed E-state index contributed by atoms with van der Waals surface area (Å²) in [6.07, 6.45) is 1.54. The first-order chi connectivity index (χ1) is 9.50. The zero-order chi connectivity index (χ0) is 14.6. The quantitative estimate of drug-likeness (QED) is 0.831. The van der Waals surface area contributed by atoms with E-state index in [1.165, 1.54) is 17.5 Å². The Labute approximate surface area is 124 Å². The van der Waals surface area contributed by atoms with Crippen LogP contribution in [0.2, 0.25) is 0 Å². The number of rotatable bonds is 5. The van der Waals surface area contributed by atoms with Gasteiger partial charge >= 0.3 is 0 Å². The molecule has 20 heavy (non-hydrogen) atoms. The van der Waals surface area contributed by atoms with Crippen molar-refractivity contribution in [1.29, 1.82) is 0 Å². The molecule has 0 saturated heterocycles. The van der Waals surface area contributed by atoms with Gasteiger partial charge in [0.2, 0.25) is 0 Å². The van der Waals surface area contributed by atoms with Crippen LogP contribution in [0, 0.1) is 0 Å². The molecular formula is C15H22N4S. The van der Waals surface area contributed by atoms with Crippen LogP contribution in [-0.2, 0) is 5.41 Å². The number of benzene rings is 1. The Kier molecular flexibility index (Phi) is 4.83. The third-order valence-electron chi connectivity index (χ3n) is 3.31. The molecule has 0 bridgehead atoms. The summed E-state index contributed by atoms with van der Waals surface area (Å²) >= 11 is 1.67. The second-order valence-electron chi connectivity index (χ2n) is 5.81. The summed E-state index contributed by atoms with van der Waals surface area (Å²) in [5.74, 6) is 0.917. The minimum absolute atomic E-state index is 0.197. The number of nitrogens with one attached hydrogen (secondary N) is 2. The van der Waals surface area contributed by atoms with Gasteiger partial charge in [0.25, 0.3) is 0 Å². The monoisotopic (exact) mass is 290 g/mol. The van der Waals surface area contributed by atoms with Crippen LogP contribution in [0.4, 0.5) is 0 Å². The molecule has 108 valence electrons. The highest BCUT2D eigenvalue weighted by Gasteiger charge is 2.15. The summed E-state index contributed by atoms with van der Waals surface area (Å²) < 4.78 is 0. The normalized spacial score (nSPS) is 13.4. The maximum atomic E-state index is 4.13. The van der Waals surface area contributed by atoms with Crippen LogP contribution >= 0.6 is 11.8 Å². The molecule has 1 aromatic heterocycles. The molecule has 5 heteroatoms. The second-order valence-corrected chi connectivity index (χ2v) is 6.82. The van der Waals surface area contributed by atoms with Crippen LogP contribution in [0.5, 0.6) is 0 Å². The zero-order valence-corrected chi connectivity index (χ0v) is 13.3. The fraction of sp³-hybridized carbons (Fsp3) is 0.467. The van der Waals surface area contributed by atoms with Crippen LogP contribution < -0.4 is 5.32 Å². The lowest BCUT2D eigenvalue weighted by Gasteiger charge is -2.21. The topological polar surface area (TPSA) is 53.6 Å². The first-order valence-corrected chi connectivity index (χ1v) is 7.75. The van der Waals surface area contributed by atoms with Crippen molar-refractivity contribution in [3.63, 3.8) is 0 Å². The lowest BCUT2D eigenvalue weighted by molar-refractivity contribution is 0.588. The van der Waals surface area contributed by atoms with Crippen molar-refractivity contribution in [2.24, 2.45) is 0 Å². The van der Waals surface area contributed by atoms with Crippen molar-refractivity contribution in [3.05, 3.63) is 41.7 Å². The first-order valence-electron chi connectivity index (χ1n) is 6.76. The molecule has 2 rings (SSSR count). The summed E-state index contributed by atoms with van der Waals surface area (Å²) in [6, 6.07) is 9.17. The minimum Gasteiger partial charge on any atom is -0.312 e. The van der Waals surface area contributed by atoms with Crippen LogP contribution in [0.1, 0.15) is 37.9 Å². The Morgan fingerprint density at radius 3 is 2.45 bits per heavy atom. The molecule has 0 aliphatic heterocycles. The van der Waals surface area contributed by atoms with Crippen molar-refractivity contribution >= 4 is 11.8 Å². The van der Waals surface area contributed by atoms with Gasteiger partial charge in [-0.15, -0.1) is 0 Å². The van der Waals surface area contributed by atoms with Crippen molar-refractivity contribution < 1.29 is 0 Å². The number of aromatic amines is 1. The Bertz CT molecular complexity index is 514. The van der Waals surface area contributed by atoms with E-state index in [-0.39, 0.29) is 5.41 Å². The fourth-order valence-electron chi connectivity index (χ4n) is 1.99. The van der Waals surface area contributed by atoms with Gasteiger partial charge in [-0.3, -0.25) is 5.10 Å². The van der Waals surface area contributed by atoms with E-state index in [1.54, 1.807) is 11.8 Å². The molecule has 4 nitrogen and oxygen atoms in total. The molecule has 0 radical (unpaired) electrons. The third-order valence-corrected chi connectivity index (χ3v) is 4.28. The molecule has 2 aromatic rings. The van der Waals surface area contributed by atoms with Crippen molar-refractivity contribution in [1.82, 2.24) is 20.5 Å². The maximum absolute atomic E-state index is 4.13. The standard InChI is InChI=1S/C15H22N4S/c1-15(2,3)12-7-5-11(6-8-12)13(16-4)9-20-14-17-10-18-19-14/h5-8,10,13,16H,9H2,1-4H3,(H,17,18,19). The molecule has 0 spiro atoms. The Morgan fingerprint density at radius 1 is 1.25 bits per heavy atom. The molecule has 0 aliphatic rings. The average molecular weight is 290 g/mol. The SMILES string of the molecule is CNC(CSc1ncn[nH]1)c1ccc(C(C)(C)C)cc1. The van der Waals surface area contributed by atoms with Crippen LogP contribution in [0.3, 0.4) is 0 Å². The summed E-state index contributed by atoms with van der Waals surface area (Å²) in [7, 11) is 1.99. The largest absolute Gasteiger partial charge is 0.312 e. The first kappa shape index (κ1) is 15.1. The highest BCUT2D eigenvalue weighted by atomic mass is 32.2. The predicted octanol–water partition coefficient (Wildman–Crippen LogP) is 3.16. The molecule has 0 amide bonds. The van der Waals surface area contributed by atoms with E-state index < -0.39 is 0 Å². The molecule has 1 aromatic carbocycles. The van der Waals surface area contributed by atoms with Gasteiger partial charge in [-0.05, 0) is 23.6 Å². The molecule has 2 N–H and O–H groups in total. The second kappa shape index (κ2) is 6.41. The number of aromatic nitrogens is 3. The minimum atomic E-state index is 0.197. The van der Waals surface area contributed by atoms with Crippen molar-refractivity contribution in [2.75, 3.05) is 12.8 Å². The number of thioether (sulfide) groups is 1.